The number of fused-ring (bicyclic) bond motifs is 1. The van der Waals surface area contributed by atoms with Gasteiger partial charge in [0.1, 0.15) is 0 Å². The summed E-state index contributed by atoms with van der Waals surface area (Å²) in [6.07, 6.45) is 5.00. The standard InChI is InChI=1S/C20H19NO4/c1-23-18-10-13(11-19(24-2)20(18)25-3)8-9-17(22)15-12-21-16-7-5-4-6-14(15)16/h4-12,21H,1-3H3/b9-8+. The minimum atomic E-state index is -0.0776. The van der Waals surface area contributed by atoms with Crippen LogP contribution in [0.25, 0.3) is 17.0 Å². The van der Waals surface area contributed by atoms with Crippen molar-refractivity contribution in [2.45, 2.75) is 0 Å². The molecule has 0 aliphatic heterocycles. The summed E-state index contributed by atoms with van der Waals surface area (Å²) in [4.78, 5) is 15.6. The second kappa shape index (κ2) is 7.13. The van der Waals surface area contributed by atoms with Crippen molar-refractivity contribution in [2.75, 3.05) is 21.3 Å². The van der Waals surface area contributed by atoms with E-state index >= 15 is 0 Å². The first-order valence-electron chi connectivity index (χ1n) is 7.76. The van der Waals surface area contributed by atoms with Crippen LogP contribution >= 0.6 is 0 Å². The molecule has 5 heteroatoms. The third-order valence-corrected chi connectivity index (χ3v) is 3.97. The molecule has 0 saturated carbocycles. The quantitative estimate of drug-likeness (QED) is 0.544. The first-order valence-corrected chi connectivity index (χ1v) is 7.76. The molecule has 0 amide bonds. The molecule has 0 spiro atoms. The van der Waals surface area contributed by atoms with Gasteiger partial charge in [0.15, 0.2) is 17.3 Å². The van der Waals surface area contributed by atoms with Gasteiger partial charge in [-0.2, -0.15) is 0 Å². The van der Waals surface area contributed by atoms with Crippen LogP contribution in [0.3, 0.4) is 0 Å². The van der Waals surface area contributed by atoms with Crippen LogP contribution in [0.4, 0.5) is 0 Å². The maximum atomic E-state index is 12.5. The van der Waals surface area contributed by atoms with E-state index in [9.17, 15) is 4.79 Å². The predicted octanol–water partition coefficient (Wildman–Crippen LogP) is 4.09. The number of ether oxygens (including phenoxy) is 3. The molecule has 1 heterocycles. The average molecular weight is 337 g/mol. The van der Waals surface area contributed by atoms with Gasteiger partial charge in [-0.05, 0) is 29.8 Å². The Balaban J connectivity index is 1.92. The molecule has 0 aliphatic carbocycles. The summed E-state index contributed by atoms with van der Waals surface area (Å²) in [7, 11) is 4.67. The molecule has 0 radical (unpaired) electrons. The first-order chi connectivity index (χ1) is 12.2. The van der Waals surface area contributed by atoms with Crippen LogP contribution in [-0.2, 0) is 0 Å². The highest BCUT2D eigenvalue weighted by molar-refractivity contribution is 6.14. The van der Waals surface area contributed by atoms with Gasteiger partial charge >= 0.3 is 0 Å². The van der Waals surface area contributed by atoms with E-state index in [2.05, 4.69) is 4.98 Å². The monoisotopic (exact) mass is 337 g/mol. The third-order valence-electron chi connectivity index (χ3n) is 3.97. The van der Waals surface area contributed by atoms with Crippen LogP contribution in [0.5, 0.6) is 17.2 Å². The number of benzene rings is 2. The molecule has 25 heavy (non-hydrogen) atoms. The Morgan fingerprint density at radius 1 is 1.00 bits per heavy atom. The lowest BCUT2D eigenvalue weighted by atomic mass is 10.1. The van der Waals surface area contributed by atoms with E-state index in [4.69, 9.17) is 14.2 Å². The number of H-pyrrole nitrogens is 1. The van der Waals surface area contributed by atoms with Crippen molar-refractivity contribution in [2.24, 2.45) is 0 Å². The Morgan fingerprint density at radius 3 is 2.32 bits per heavy atom. The number of carbonyl (C=O) groups is 1. The number of allylic oxidation sites excluding steroid dienone is 1. The summed E-state index contributed by atoms with van der Waals surface area (Å²) in [5, 5.41) is 0.905. The van der Waals surface area contributed by atoms with Crippen LogP contribution in [0.1, 0.15) is 15.9 Å². The molecule has 128 valence electrons. The van der Waals surface area contributed by atoms with E-state index < -0.39 is 0 Å². The number of carbonyl (C=O) groups excluding carboxylic acids is 1. The van der Waals surface area contributed by atoms with Crippen LogP contribution in [0, 0.1) is 0 Å². The van der Waals surface area contributed by atoms with Gasteiger partial charge in [-0.1, -0.05) is 24.3 Å². The van der Waals surface area contributed by atoms with Crippen molar-refractivity contribution in [1.29, 1.82) is 0 Å². The highest BCUT2D eigenvalue weighted by atomic mass is 16.5. The number of ketones is 1. The number of para-hydroxylation sites is 1. The number of hydrogen-bond donors (Lipinski definition) is 1. The molecule has 5 nitrogen and oxygen atoms in total. The number of aromatic amines is 1. The Kier molecular flexibility index (Phi) is 4.75. The maximum absolute atomic E-state index is 12.5. The molecular formula is C20H19NO4. The number of nitrogens with one attached hydrogen (secondary N) is 1. The van der Waals surface area contributed by atoms with Gasteiger partial charge in [0.05, 0.1) is 21.3 Å². The number of hydrogen-bond acceptors (Lipinski definition) is 4. The van der Waals surface area contributed by atoms with Gasteiger partial charge < -0.3 is 19.2 Å². The highest BCUT2D eigenvalue weighted by Crippen LogP contribution is 2.38. The predicted molar refractivity (Wildman–Crippen MR) is 97.8 cm³/mol. The summed E-state index contributed by atoms with van der Waals surface area (Å²) in [6, 6.07) is 11.3. The zero-order valence-electron chi connectivity index (χ0n) is 14.3. The fourth-order valence-corrected chi connectivity index (χ4v) is 2.73. The lowest BCUT2D eigenvalue weighted by molar-refractivity contribution is 0.104. The molecule has 0 atom stereocenters. The summed E-state index contributed by atoms with van der Waals surface area (Å²) >= 11 is 0. The molecule has 1 aromatic heterocycles. The van der Waals surface area contributed by atoms with Crippen molar-refractivity contribution in [1.82, 2.24) is 4.98 Å². The maximum Gasteiger partial charge on any atom is 0.203 e. The summed E-state index contributed by atoms with van der Waals surface area (Å²) < 4.78 is 16.0. The van der Waals surface area contributed by atoms with Crippen LogP contribution < -0.4 is 14.2 Å². The second-order valence-corrected chi connectivity index (χ2v) is 5.40. The molecule has 0 unspecified atom stereocenters. The molecule has 3 rings (SSSR count). The topological polar surface area (TPSA) is 60.6 Å². The lowest BCUT2D eigenvalue weighted by Crippen LogP contribution is -1.96. The SMILES string of the molecule is COc1cc(/C=C/C(=O)c2c[nH]c3ccccc23)cc(OC)c1OC. The molecular weight excluding hydrogens is 318 g/mol. The van der Waals surface area contributed by atoms with E-state index in [1.807, 2.05) is 24.3 Å². The lowest BCUT2D eigenvalue weighted by Gasteiger charge is -2.12. The largest absolute Gasteiger partial charge is 0.493 e. The number of aromatic nitrogens is 1. The van der Waals surface area contributed by atoms with Crippen molar-refractivity contribution >= 4 is 22.8 Å². The smallest absolute Gasteiger partial charge is 0.203 e. The molecule has 0 fully saturated rings. The Bertz CT molecular complexity index is 915. The Hall–Kier alpha value is -3.21. The molecule has 1 N–H and O–H groups in total. The van der Waals surface area contributed by atoms with Gasteiger partial charge in [0.2, 0.25) is 5.75 Å². The zero-order valence-corrected chi connectivity index (χ0v) is 14.3. The van der Waals surface area contributed by atoms with Gasteiger partial charge in [0, 0.05) is 22.7 Å². The van der Waals surface area contributed by atoms with Crippen molar-refractivity contribution < 1.29 is 19.0 Å². The fourth-order valence-electron chi connectivity index (χ4n) is 2.73. The van der Waals surface area contributed by atoms with Crippen LogP contribution in [0.2, 0.25) is 0 Å². The van der Waals surface area contributed by atoms with Gasteiger partial charge in [0.25, 0.3) is 0 Å². The highest BCUT2D eigenvalue weighted by Gasteiger charge is 2.13. The first kappa shape index (κ1) is 16.6. The summed E-state index contributed by atoms with van der Waals surface area (Å²) in [6.45, 7) is 0. The number of methoxy groups -OCH3 is 3. The van der Waals surface area contributed by atoms with E-state index in [1.165, 1.54) is 6.08 Å². The van der Waals surface area contributed by atoms with E-state index in [1.54, 1.807) is 45.7 Å². The average Bonchev–Trinajstić information content (AvgIpc) is 3.09. The fraction of sp³-hybridized carbons (Fsp3) is 0.150. The van der Waals surface area contributed by atoms with Gasteiger partial charge in [-0.15, -0.1) is 0 Å². The van der Waals surface area contributed by atoms with E-state index in [0.29, 0.717) is 22.8 Å². The van der Waals surface area contributed by atoms with Crippen LogP contribution in [0.15, 0.2) is 48.7 Å². The minimum Gasteiger partial charge on any atom is -0.493 e. The van der Waals surface area contributed by atoms with Crippen molar-refractivity contribution in [3.63, 3.8) is 0 Å². The normalized spacial score (nSPS) is 11.0. The van der Waals surface area contributed by atoms with Gasteiger partial charge in [-0.3, -0.25) is 4.79 Å². The molecule has 0 saturated heterocycles. The van der Waals surface area contributed by atoms with Crippen LogP contribution in [-0.4, -0.2) is 32.1 Å². The minimum absolute atomic E-state index is 0.0776. The Labute approximate surface area is 145 Å². The summed E-state index contributed by atoms with van der Waals surface area (Å²) in [5.41, 5.74) is 2.36. The van der Waals surface area contributed by atoms with Crippen molar-refractivity contribution in [3.8, 4) is 17.2 Å². The van der Waals surface area contributed by atoms with E-state index in [-0.39, 0.29) is 5.78 Å². The molecule has 2 aromatic carbocycles. The van der Waals surface area contributed by atoms with Crippen molar-refractivity contribution in [3.05, 3.63) is 59.8 Å². The Morgan fingerprint density at radius 2 is 1.68 bits per heavy atom. The third kappa shape index (κ3) is 3.21. The summed E-state index contributed by atoms with van der Waals surface area (Å²) in [5.74, 6) is 1.53. The molecule has 3 aromatic rings. The molecule has 0 bridgehead atoms. The van der Waals surface area contributed by atoms with Gasteiger partial charge in [-0.25, -0.2) is 0 Å². The zero-order chi connectivity index (χ0) is 17.8. The second-order valence-electron chi connectivity index (χ2n) is 5.40. The number of rotatable bonds is 6. The molecule has 0 aliphatic rings. The van der Waals surface area contributed by atoms with E-state index in [0.717, 1.165) is 16.5 Å².